The molecule has 1 aromatic carbocycles. The predicted molar refractivity (Wildman–Crippen MR) is 91.6 cm³/mol. The van der Waals surface area contributed by atoms with Crippen LogP contribution in [-0.4, -0.2) is 24.0 Å². The zero-order valence-corrected chi connectivity index (χ0v) is 13.6. The van der Waals surface area contributed by atoms with Crippen molar-refractivity contribution in [3.05, 3.63) is 53.2 Å². The fourth-order valence-corrected chi connectivity index (χ4v) is 2.34. The van der Waals surface area contributed by atoms with E-state index < -0.39 is 0 Å². The zero-order valence-electron chi connectivity index (χ0n) is 12.8. The second kappa shape index (κ2) is 7.80. The number of amides is 1. The van der Waals surface area contributed by atoms with E-state index in [1.165, 1.54) is 0 Å². The number of pyridine rings is 1. The summed E-state index contributed by atoms with van der Waals surface area (Å²) in [6.45, 7) is 6.07. The largest absolute Gasteiger partial charge is 0.371 e. The van der Waals surface area contributed by atoms with Crippen LogP contribution >= 0.6 is 11.6 Å². The molecule has 0 spiro atoms. The molecule has 2 aromatic rings. The van der Waals surface area contributed by atoms with Gasteiger partial charge in [-0.25, -0.2) is 4.98 Å². The van der Waals surface area contributed by atoms with E-state index in [2.05, 4.69) is 29.0 Å². The minimum atomic E-state index is -0.0922. The molecule has 0 atom stereocenters. The molecule has 0 bridgehead atoms. The monoisotopic (exact) mass is 317 g/mol. The molecule has 0 aliphatic rings. The van der Waals surface area contributed by atoms with Crippen LogP contribution in [0.15, 0.2) is 42.6 Å². The van der Waals surface area contributed by atoms with Gasteiger partial charge in [0.1, 0.15) is 5.82 Å². The van der Waals surface area contributed by atoms with E-state index in [-0.39, 0.29) is 5.91 Å². The van der Waals surface area contributed by atoms with Crippen LogP contribution in [0.3, 0.4) is 0 Å². The number of hydrogen-bond acceptors (Lipinski definition) is 3. The standard InChI is InChI=1S/C17H20ClN3O/c1-3-21(4-2)15-9-10-16(19-12-15)20-17(22)11-13-5-7-14(18)8-6-13/h5-10,12H,3-4,11H2,1-2H3,(H,19,20,22). The lowest BCUT2D eigenvalue weighted by Crippen LogP contribution is -2.22. The third-order valence-corrected chi connectivity index (χ3v) is 3.67. The van der Waals surface area contributed by atoms with Crippen LogP contribution in [0.4, 0.5) is 11.5 Å². The number of anilines is 2. The highest BCUT2D eigenvalue weighted by Crippen LogP contribution is 2.15. The molecule has 4 nitrogen and oxygen atoms in total. The van der Waals surface area contributed by atoms with Gasteiger partial charge in [-0.3, -0.25) is 4.79 Å². The van der Waals surface area contributed by atoms with E-state index in [1.54, 1.807) is 18.3 Å². The third kappa shape index (κ3) is 4.46. The summed E-state index contributed by atoms with van der Waals surface area (Å²) in [5, 5.41) is 3.47. The SMILES string of the molecule is CCN(CC)c1ccc(NC(=O)Cc2ccc(Cl)cc2)nc1. The molecule has 0 saturated heterocycles. The van der Waals surface area contributed by atoms with Crippen molar-refractivity contribution in [2.45, 2.75) is 20.3 Å². The van der Waals surface area contributed by atoms with Gasteiger partial charge in [-0.15, -0.1) is 0 Å². The molecule has 116 valence electrons. The lowest BCUT2D eigenvalue weighted by atomic mass is 10.1. The van der Waals surface area contributed by atoms with E-state index in [0.717, 1.165) is 24.3 Å². The Labute approximate surface area is 136 Å². The number of nitrogens with zero attached hydrogens (tertiary/aromatic N) is 2. The van der Waals surface area contributed by atoms with Gasteiger partial charge in [-0.1, -0.05) is 23.7 Å². The van der Waals surface area contributed by atoms with Crippen molar-refractivity contribution in [1.29, 1.82) is 0 Å². The van der Waals surface area contributed by atoms with Crippen molar-refractivity contribution in [3.63, 3.8) is 0 Å². The normalized spacial score (nSPS) is 10.3. The van der Waals surface area contributed by atoms with Gasteiger partial charge in [0.15, 0.2) is 0 Å². The summed E-state index contributed by atoms with van der Waals surface area (Å²) in [6.07, 6.45) is 2.08. The molecular weight excluding hydrogens is 298 g/mol. The van der Waals surface area contributed by atoms with Crippen molar-refractivity contribution in [2.24, 2.45) is 0 Å². The first-order valence-corrected chi connectivity index (χ1v) is 7.75. The molecule has 1 amide bonds. The van der Waals surface area contributed by atoms with Crippen LogP contribution in [-0.2, 0) is 11.2 Å². The maximum atomic E-state index is 12.0. The second-order valence-corrected chi connectivity index (χ2v) is 5.36. The maximum Gasteiger partial charge on any atom is 0.229 e. The molecule has 1 heterocycles. The van der Waals surface area contributed by atoms with Gasteiger partial charge in [0.25, 0.3) is 0 Å². The highest BCUT2D eigenvalue weighted by molar-refractivity contribution is 6.30. The van der Waals surface area contributed by atoms with E-state index in [9.17, 15) is 4.79 Å². The summed E-state index contributed by atoms with van der Waals surface area (Å²) in [7, 11) is 0. The van der Waals surface area contributed by atoms with E-state index in [4.69, 9.17) is 11.6 Å². The van der Waals surface area contributed by atoms with E-state index in [0.29, 0.717) is 17.3 Å². The number of benzene rings is 1. The first-order valence-electron chi connectivity index (χ1n) is 7.37. The van der Waals surface area contributed by atoms with Crippen LogP contribution in [0.5, 0.6) is 0 Å². The molecule has 1 N–H and O–H groups in total. The number of hydrogen-bond donors (Lipinski definition) is 1. The molecule has 2 rings (SSSR count). The van der Waals surface area contributed by atoms with Crippen LogP contribution in [0, 0.1) is 0 Å². The molecule has 0 saturated carbocycles. The maximum absolute atomic E-state index is 12.0. The summed E-state index contributed by atoms with van der Waals surface area (Å²) in [6, 6.07) is 11.0. The molecule has 1 aromatic heterocycles. The average molecular weight is 318 g/mol. The Kier molecular flexibility index (Phi) is 5.78. The number of nitrogens with one attached hydrogen (secondary N) is 1. The smallest absolute Gasteiger partial charge is 0.229 e. The molecule has 5 heteroatoms. The summed E-state index contributed by atoms with van der Waals surface area (Å²) < 4.78 is 0. The molecule has 0 unspecified atom stereocenters. The summed E-state index contributed by atoms with van der Waals surface area (Å²) in [5.41, 5.74) is 1.97. The van der Waals surface area contributed by atoms with Crippen LogP contribution in [0.25, 0.3) is 0 Å². The Hall–Kier alpha value is -2.07. The summed E-state index contributed by atoms with van der Waals surface area (Å²) >= 11 is 5.83. The lowest BCUT2D eigenvalue weighted by molar-refractivity contribution is -0.115. The number of carbonyl (C=O) groups excluding carboxylic acids is 1. The number of rotatable bonds is 6. The average Bonchev–Trinajstić information content (AvgIpc) is 2.52. The van der Waals surface area contributed by atoms with E-state index in [1.807, 2.05) is 24.3 Å². The number of carbonyl (C=O) groups is 1. The van der Waals surface area contributed by atoms with Gasteiger partial charge in [-0.05, 0) is 43.7 Å². The zero-order chi connectivity index (χ0) is 15.9. The minimum absolute atomic E-state index is 0.0922. The molecule has 22 heavy (non-hydrogen) atoms. The van der Waals surface area contributed by atoms with Gasteiger partial charge in [-0.2, -0.15) is 0 Å². The minimum Gasteiger partial charge on any atom is -0.371 e. The van der Waals surface area contributed by atoms with Crippen molar-refractivity contribution < 1.29 is 4.79 Å². The van der Waals surface area contributed by atoms with Gasteiger partial charge < -0.3 is 10.2 Å². The summed E-state index contributed by atoms with van der Waals surface area (Å²) in [5.74, 6) is 0.472. The van der Waals surface area contributed by atoms with Crippen LogP contribution in [0.1, 0.15) is 19.4 Å². The molecule has 0 radical (unpaired) electrons. The highest BCUT2D eigenvalue weighted by atomic mass is 35.5. The Morgan fingerprint density at radius 3 is 2.36 bits per heavy atom. The van der Waals surface area contributed by atoms with Crippen molar-refractivity contribution >= 4 is 29.0 Å². The van der Waals surface area contributed by atoms with Crippen LogP contribution < -0.4 is 10.2 Å². The quantitative estimate of drug-likeness (QED) is 0.882. The first kappa shape index (κ1) is 16.3. The van der Waals surface area contributed by atoms with Gasteiger partial charge >= 0.3 is 0 Å². The highest BCUT2D eigenvalue weighted by Gasteiger charge is 2.06. The Morgan fingerprint density at radius 1 is 1.14 bits per heavy atom. The van der Waals surface area contributed by atoms with Gasteiger partial charge in [0.2, 0.25) is 5.91 Å². The van der Waals surface area contributed by atoms with Crippen molar-refractivity contribution in [2.75, 3.05) is 23.3 Å². The summed E-state index contributed by atoms with van der Waals surface area (Å²) in [4.78, 5) is 18.5. The molecule has 0 aliphatic heterocycles. The molecular formula is C17H20ClN3O. The fourth-order valence-electron chi connectivity index (χ4n) is 2.21. The Bertz CT molecular complexity index is 607. The predicted octanol–water partition coefficient (Wildman–Crippen LogP) is 3.76. The fraction of sp³-hybridized carbons (Fsp3) is 0.294. The molecule has 0 aliphatic carbocycles. The van der Waals surface area contributed by atoms with E-state index >= 15 is 0 Å². The third-order valence-electron chi connectivity index (χ3n) is 3.42. The second-order valence-electron chi connectivity index (χ2n) is 4.93. The van der Waals surface area contributed by atoms with Crippen LogP contribution in [0.2, 0.25) is 5.02 Å². The lowest BCUT2D eigenvalue weighted by Gasteiger charge is -2.20. The Morgan fingerprint density at radius 2 is 1.82 bits per heavy atom. The number of halogens is 1. The van der Waals surface area contributed by atoms with Crippen molar-refractivity contribution in [1.82, 2.24) is 4.98 Å². The van der Waals surface area contributed by atoms with Crippen molar-refractivity contribution in [3.8, 4) is 0 Å². The van der Waals surface area contributed by atoms with Gasteiger partial charge in [0.05, 0.1) is 18.3 Å². The Balaban J connectivity index is 1.95. The topological polar surface area (TPSA) is 45.2 Å². The van der Waals surface area contributed by atoms with Gasteiger partial charge in [0, 0.05) is 18.1 Å². The number of aromatic nitrogens is 1. The molecule has 0 fully saturated rings. The first-order chi connectivity index (χ1) is 10.6.